The predicted molar refractivity (Wildman–Crippen MR) is 110 cm³/mol. The van der Waals surface area contributed by atoms with E-state index in [0.717, 1.165) is 16.8 Å². The third-order valence-corrected chi connectivity index (χ3v) is 5.08. The zero-order chi connectivity index (χ0) is 21.0. The second kappa shape index (κ2) is 8.86. The van der Waals surface area contributed by atoms with Crippen molar-refractivity contribution in [2.75, 3.05) is 32.8 Å². The van der Waals surface area contributed by atoms with Crippen LogP contribution in [0.2, 0.25) is 0 Å². The van der Waals surface area contributed by atoms with E-state index in [1.165, 1.54) is 0 Å². The molecule has 0 unspecified atom stereocenters. The quantitative estimate of drug-likeness (QED) is 0.776. The van der Waals surface area contributed by atoms with Crippen molar-refractivity contribution in [2.45, 2.75) is 19.9 Å². The molecule has 2 amide bonds. The minimum atomic E-state index is -0.394. The number of methoxy groups -OCH3 is 3. The number of carbonyl (C=O) groups excluding carboxylic acids is 2. The van der Waals surface area contributed by atoms with E-state index in [1.807, 2.05) is 31.2 Å². The number of nitrogens with one attached hydrogen (secondary N) is 1. The fraction of sp³-hybridized carbons (Fsp3) is 0.364. The van der Waals surface area contributed by atoms with Gasteiger partial charge in [-0.3, -0.25) is 9.59 Å². The molecule has 0 spiro atoms. The first-order chi connectivity index (χ1) is 14.0. The Morgan fingerprint density at radius 3 is 2.28 bits per heavy atom. The van der Waals surface area contributed by atoms with E-state index < -0.39 is 5.92 Å². The van der Waals surface area contributed by atoms with Crippen LogP contribution in [0.25, 0.3) is 0 Å². The topological polar surface area (TPSA) is 77.1 Å². The molecule has 1 atom stereocenters. The Bertz CT molecular complexity index is 895. The zero-order valence-electron chi connectivity index (χ0n) is 17.2. The van der Waals surface area contributed by atoms with Crippen LogP contribution in [0.5, 0.6) is 17.2 Å². The number of aryl methyl sites for hydroxylation is 1. The van der Waals surface area contributed by atoms with Gasteiger partial charge in [0.1, 0.15) is 5.75 Å². The molecule has 0 radical (unpaired) electrons. The lowest BCUT2D eigenvalue weighted by Gasteiger charge is -2.17. The fourth-order valence-corrected chi connectivity index (χ4v) is 3.41. The number of nitrogens with zero attached hydrogens (tertiary/aromatic N) is 1. The molecule has 29 heavy (non-hydrogen) atoms. The molecule has 7 heteroatoms. The van der Waals surface area contributed by atoms with E-state index in [-0.39, 0.29) is 24.8 Å². The van der Waals surface area contributed by atoms with E-state index >= 15 is 0 Å². The van der Waals surface area contributed by atoms with Gasteiger partial charge in [0, 0.05) is 36.8 Å². The molecule has 1 aliphatic rings. The summed E-state index contributed by atoms with van der Waals surface area (Å²) in [6.45, 7) is 2.63. The van der Waals surface area contributed by atoms with E-state index in [0.29, 0.717) is 23.8 Å². The van der Waals surface area contributed by atoms with Crippen molar-refractivity contribution in [3.8, 4) is 17.2 Å². The standard InChI is InChI=1S/C22H26N2O5/c1-14-5-7-17(8-6-14)24-13-16(10-21(24)25)22(26)23-12-15-9-19(28-3)20(29-4)11-18(15)27-2/h5-9,11,16H,10,12-13H2,1-4H3,(H,23,26)/t16-/m0/s1. The van der Waals surface area contributed by atoms with Crippen LogP contribution >= 0.6 is 0 Å². The largest absolute Gasteiger partial charge is 0.496 e. The zero-order valence-corrected chi connectivity index (χ0v) is 17.2. The minimum Gasteiger partial charge on any atom is -0.496 e. The Balaban J connectivity index is 1.67. The summed E-state index contributed by atoms with van der Waals surface area (Å²) < 4.78 is 16.0. The summed E-state index contributed by atoms with van der Waals surface area (Å²) in [6.07, 6.45) is 0.197. The van der Waals surface area contributed by atoms with Crippen molar-refractivity contribution in [1.82, 2.24) is 5.32 Å². The highest BCUT2D eigenvalue weighted by molar-refractivity contribution is 6.00. The molecule has 2 aromatic rings. The third-order valence-electron chi connectivity index (χ3n) is 5.08. The van der Waals surface area contributed by atoms with Crippen LogP contribution in [0.4, 0.5) is 5.69 Å². The molecule has 1 heterocycles. The highest BCUT2D eigenvalue weighted by atomic mass is 16.5. The Labute approximate surface area is 170 Å². The van der Waals surface area contributed by atoms with Crippen molar-refractivity contribution in [3.63, 3.8) is 0 Å². The fourth-order valence-electron chi connectivity index (χ4n) is 3.41. The van der Waals surface area contributed by atoms with Gasteiger partial charge >= 0.3 is 0 Å². The summed E-state index contributed by atoms with van der Waals surface area (Å²) in [4.78, 5) is 26.8. The molecule has 0 aromatic heterocycles. The number of carbonyl (C=O) groups is 2. The van der Waals surface area contributed by atoms with Crippen molar-refractivity contribution >= 4 is 17.5 Å². The van der Waals surface area contributed by atoms with Gasteiger partial charge in [0.15, 0.2) is 11.5 Å². The van der Waals surface area contributed by atoms with Crippen LogP contribution in [0.1, 0.15) is 17.5 Å². The number of hydrogen-bond acceptors (Lipinski definition) is 5. The Kier molecular flexibility index (Phi) is 6.26. The minimum absolute atomic E-state index is 0.0438. The summed E-state index contributed by atoms with van der Waals surface area (Å²) in [7, 11) is 4.66. The van der Waals surface area contributed by atoms with E-state index in [4.69, 9.17) is 14.2 Å². The monoisotopic (exact) mass is 398 g/mol. The molecule has 2 aromatic carbocycles. The van der Waals surface area contributed by atoms with Gasteiger partial charge in [0.25, 0.3) is 0 Å². The molecule has 1 saturated heterocycles. The van der Waals surface area contributed by atoms with Gasteiger partial charge in [-0.2, -0.15) is 0 Å². The Hall–Kier alpha value is -3.22. The normalized spacial score (nSPS) is 15.9. The second-order valence-corrected chi connectivity index (χ2v) is 6.98. The van der Waals surface area contributed by atoms with Crippen LogP contribution in [-0.2, 0) is 16.1 Å². The van der Waals surface area contributed by atoms with Crippen LogP contribution < -0.4 is 24.4 Å². The lowest BCUT2D eigenvalue weighted by molar-refractivity contribution is -0.126. The van der Waals surface area contributed by atoms with Crippen LogP contribution in [-0.4, -0.2) is 39.7 Å². The van der Waals surface area contributed by atoms with Gasteiger partial charge in [-0.15, -0.1) is 0 Å². The third kappa shape index (κ3) is 4.45. The second-order valence-electron chi connectivity index (χ2n) is 6.98. The molecule has 1 fully saturated rings. The summed E-state index contributed by atoms with van der Waals surface area (Å²) in [5, 5.41) is 2.91. The first kappa shape index (κ1) is 20.5. The van der Waals surface area contributed by atoms with Crippen LogP contribution in [0.3, 0.4) is 0 Å². The van der Waals surface area contributed by atoms with Gasteiger partial charge in [-0.1, -0.05) is 17.7 Å². The SMILES string of the molecule is COc1cc(OC)c(OC)cc1CNC(=O)[C@H]1CC(=O)N(c2ccc(C)cc2)C1. The molecule has 0 bridgehead atoms. The number of amides is 2. The van der Waals surface area contributed by atoms with E-state index in [9.17, 15) is 9.59 Å². The van der Waals surface area contributed by atoms with E-state index in [2.05, 4.69) is 5.32 Å². The molecule has 1 N–H and O–H groups in total. The first-order valence-corrected chi connectivity index (χ1v) is 9.40. The van der Waals surface area contributed by atoms with Gasteiger partial charge in [0.05, 0.1) is 27.2 Å². The maximum absolute atomic E-state index is 12.7. The number of anilines is 1. The molecule has 154 valence electrons. The van der Waals surface area contributed by atoms with Gasteiger partial charge in [-0.25, -0.2) is 0 Å². The maximum Gasteiger partial charge on any atom is 0.227 e. The number of rotatable bonds is 7. The summed E-state index contributed by atoms with van der Waals surface area (Å²) in [6, 6.07) is 11.2. The average molecular weight is 398 g/mol. The molecule has 0 saturated carbocycles. The average Bonchev–Trinajstić information content (AvgIpc) is 3.13. The van der Waals surface area contributed by atoms with Gasteiger partial charge in [-0.05, 0) is 25.1 Å². The van der Waals surface area contributed by atoms with Gasteiger partial charge < -0.3 is 24.4 Å². The lowest BCUT2D eigenvalue weighted by atomic mass is 10.1. The number of ether oxygens (including phenoxy) is 3. The Morgan fingerprint density at radius 2 is 1.66 bits per heavy atom. The van der Waals surface area contributed by atoms with Crippen LogP contribution in [0, 0.1) is 12.8 Å². The van der Waals surface area contributed by atoms with E-state index in [1.54, 1.807) is 38.4 Å². The summed E-state index contributed by atoms with van der Waals surface area (Å²) >= 11 is 0. The van der Waals surface area contributed by atoms with Crippen molar-refractivity contribution in [1.29, 1.82) is 0 Å². The molecule has 1 aliphatic heterocycles. The summed E-state index contributed by atoms with van der Waals surface area (Å²) in [5.41, 5.74) is 2.70. The van der Waals surface area contributed by atoms with Gasteiger partial charge in [0.2, 0.25) is 11.8 Å². The highest BCUT2D eigenvalue weighted by Crippen LogP contribution is 2.34. The highest BCUT2D eigenvalue weighted by Gasteiger charge is 2.35. The molecular weight excluding hydrogens is 372 g/mol. The molecule has 3 rings (SSSR count). The number of hydrogen-bond donors (Lipinski definition) is 1. The molecular formula is C22H26N2O5. The Morgan fingerprint density at radius 1 is 1.03 bits per heavy atom. The lowest BCUT2D eigenvalue weighted by Crippen LogP contribution is -2.32. The van der Waals surface area contributed by atoms with Crippen molar-refractivity contribution in [2.24, 2.45) is 5.92 Å². The smallest absolute Gasteiger partial charge is 0.227 e. The maximum atomic E-state index is 12.7. The molecule has 7 nitrogen and oxygen atoms in total. The summed E-state index contributed by atoms with van der Waals surface area (Å²) in [5.74, 6) is 1.10. The predicted octanol–water partition coefficient (Wildman–Crippen LogP) is 2.69. The number of benzene rings is 2. The van der Waals surface area contributed by atoms with Crippen molar-refractivity contribution in [3.05, 3.63) is 47.5 Å². The van der Waals surface area contributed by atoms with Crippen molar-refractivity contribution < 1.29 is 23.8 Å². The first-order valence-electron chi connectivity index (χ1n) is 9.40. The molecule has 0 aliphatic carbocycles. The van der Waals surface area contributed by atoms with Crippen LogP contribution in [0.15, 0.2) is 36.4 Å².